The molecule has 5 rings (SSSR count). The molecule has 2 fully saturated rings. The number of thiocarbonyl (C=S) groups is 2. The predicted molar refractivity (Wildman–Crippen MR) is 131 cm³/mol. The average Bonchev–Trinajstić information content (AvgIpc) is 3.41. The van der Waals surface area contributed by atoms with Crippen molar-refractivity contribution in [3.05, 3.63) is 71.8 Å². The molecule has 0 bridgehead atoms. The second-order valence-electron chi connectivity index (χ2n) is 8.98. The Labute approximate surface area is 199 Å². The number of aryl methyl sites for hydroxylation is 2. The summed E-state index contributed by atoms with van der Waals surface area (Å²) in [5.74, 6) is 3.02. The third-order valence-electron chi connectivity index (χ3n) is 6.85. The highest BCUT2D eigenvalue weighted by atomic mass is 32.1. The largest absolute Gasteiger partial charge is 0.453 e. The van der Waals surface area contributed by atoms with E-state index in [4.69, 9.17) is 43.4 Å². The summed E-state index contributed by atoms with van der Waals surface area (Å²) in [7, 11) is 0. The monoisotopic (exact) mass is 466 g/mol. The lowest BCUT2D eigenvalue weighted by atomic mass is 9.91. The first-order valence-electron chi connectivity index (χ1n) is 11.0. The fraction of sp³-hybridized carbons (Fsp3) is 0.385. The predicted octanol–water partition coefficient (Wildman–Crippen LogP) is 5.94. The first-order chi connectivity index (χ1) is 15.5. The van der Waals surface area contributed by atoms with Crippen molar-refractivity contribution < 1.29 is 18.9 Å². The lowest BCUT2D eigenvalue weighted by molar-refractivity contribution is 0.0370. The van der Waals surface area contributed by atoms with Crippen LogP contribution < -0.4 is 9.47 Å². The second kappa shape index (κ2) is 8.83. The Morgan fingerprint density at radius 2 is 1.06 bits per heavy atom. The topological polar surface area (TPSA) is 36.9 Å². The first-order valence-corrected chi connectivity index (χ1v) is 11.9. The molecule has 0 aromatic heterocycles. The van der Waals surface area contributed by atoms with Gasteiger partial charge in [0.05, 0.1) is 0 Å². The van der Waals surface area contributed by atoms with Crippen molar-refractivity contribution in [2.45, 2.75) is 38.9 Å². The summed E-state index contributed by atoms with van der Waals surface area (Å²) >= 11 is 10.8. The number of allylic oxidation sites excluding steroid dienone is 2. The summed E-state index contributed by atoms with van der Waals surface area (Å²) < 4.78 is 23.9. The van der Waals surface area contributed by atoms with E-state index >= 15 is 0 Å². The number of benzene rings is 2. The standard InChI is InChI=1S/C26H26O4S2/c1-15-3-9-19(10-4-15)27-25(31)29-21-13-17-7-8-18-14-22(24(21)23(17)18)30-26(32)28-20-11-5-16(2)6-12-20/h3-12,17-18,21-24H,13-14H2,1-2H3/t17-,18-,21-,22-,23?,24?/m1/s1. The van der Waals surface area contributed by atoms with Gasteiger partial charge < -0.3 is 18.9 Å². The van der Waals surface area contributed by atoms with E-state index in [1.807, 2.05) is 62.4 Å². The molecular formula is C26H26O4S2. The SMILES string of the molecule is Cc1ccc(OC(=S)O[C@@H]2C[C@H]3C=C[C@@H]4C[C@@H](OC(=S)Oc5ccc(C)cc5)C2C34)cc1. The van der Waals surface area contributed by atoms with Crippen LogP contribution in [0.15, 0.2) is 60.7 Å². The molecule has 32 heavy (non-hydrogen) atoms. The summed E-state index contributed by atoms with van der Waals surface area (Å²) in [6.45, 7) is 4.07. The summed E-state index contributed by atoms with van der Waals surface area (Å²) in [5, 5.41) is 0.312. The summed E-state index contributed by atoms with van der Waals surface area (Å²) in [4.78, 5) is 0. The fourth-order valence-corrected chi connectivity index (χ4v) is 5.88. The average molecular weight is 467 g/mol. The highest BCUT2D eigenvalue weighted by molar-refractivity contribution is 7.80. The van der Waals surface area contributed by atoms with Crippen molar-refractivity contribution >= 4 is 34.9 Å². The summed E-state index contributed by atoms with van der Waals surface area (Å²) in [5.41, 5.74) is 2.33. The molecule has 2 aromatic rings. The number of hydrogen-bond acceptors (Lipinski definition) is 6. The molecule has 166 valence electrons. The van der Waals surface area contributed by atoms with E-state index in [1.54, 1.807) is 0 Å². The van der Waals surface area contributed by atoms with E-state index in [0.717, 1.165) is 12.8 Å². The minimum absolute atomic E-state index is 0.0647. The third kappa shape index (κ3) is 4.39. The van der Waals surface area contributed by atoms with Gasteiger partial charge >= 0.3 is 10.5 Å². The van der Waals surface area contributed by atoms with Crippen LogP contribution in [0.25, 0.3) is 0 Å². The van der Waals surface area contributed by atoms with Gasteiger partial charge in [0.25, 0.3) is 0 Å². The van der Waals surface area contributed by atoms with E-state index < -0.39 is 0 Å². The van der Waals surface area contributed by atoms with E-state index in [9.17, 15) is 0 Å². The van der Waals surface area contributed by atoms with Crippen LogP contribution >= 0.6 is 24.4 Å². The van der Waals surface area contributed by atoms with Gasteiger partial charge in [-0.2, -0.15) is 0 Å². The minimum atomic E-state index is -0.0647. The van der Waals surface area contributed by atoms with Crippen molar-refractivity contribution in [1.29, 1.82) is 0 Å². The normalized spacial score (nSPS) is 29.4. The molecule has 6 heteroatoms. The van der Waals surface area contributed by atoms with Crippen molar-refractivity contribution in [2.24, 2.45) is 23.7 Å². The fourth-order valence-electron chi connectivity index (χ4n) is 5.44. The Hall–Kier alpha value is -2.44. The van der Waals surface area contributed by atoms with E-state index in [1.165, 1.54) is 11.1 Å². The van der Waals surface area contributed by atoms with Crippen LogP contribution in [0.1, 0.15) is 24.0 Å². The Morgan fingerprint density at radius 3 is 1.47 bits per heavy atom. The van der Waals surface area contributed by atoms with Crippen LogP contribution in [0.4, 0.5) is 0 Å². The zero-order valence-corrected chi connectivity index (χ0v) is 19.7. The molecule has 0 unspecified atom stereocenters. The molecule has 3 aliphatic rings. The number of ether oxygens (including phenoxy) is 4. The van der Waals surface area contributed by atoms with Gasteiger partial charge in [-0.15, -0.1) is 0 Å². The molecule has 4 nitrogen and oxygen atoms in total. The molecule has 0 spiro atoms. The maximum absolute atomic E-state index is 6.17. The molecule has 0 heterocycles. The van der Waals surface area contributed by atoms with E-state index in [0.29, 0.717) is 29.3 Å². The van der Waals surface area contributed by atoms with Crippen LogP contribution in [0, 0.1) is 37.5 Å². The number of rotatable bonds is 4. The van der Waals surface area contributed by atoms with Gasteiger partial charge in [0.2, 0.25) is 0 Å². The Balaban J connectivity index is 1.24. The number of hydrogen-bond donors (Lipinski definition) is 0. The molecule has 3 aliphatic carbocycles. The van der Waals surface area contributed by atoms with E-state index in [-0.39, 0.29) is 28.6 Å². The first kappa shape index (κ1) is 21.4. The van der Waals surface area contributed by atoms with Crippen LogP contribution in [0.5, 0.6) is 11.5 Å². The zero-order valence-electron chi connectivity index (χ0n) is 18.1. The molecule has 0 saturated heterocycles. The van der Waals surface area contributed by atoms with Crippen LogP contribution in [-0.4, -0.2) is 22.7 Å². The lowest BCUT2D eigenvalue weighted by Crippen LogP contribution is -2.34. The van der Waals surface area contributed by atoms with Crippen molar-refractivity contribution in [3.63, 3.8) is 0 Å². The second-order valence-corrected chi connectivity index (χ2v) is 9.65. The van der Waals surface area contributed by atoms with Crippen molar-refractivity contribution in [3.8, 4) is 11.5 Å². The van der Waals surface area contributed by atoms with Gasteiger partial charge in [0, 0.05) is 30.4 Å². The van der Waals surface area contributed by atoms with Crippen molar-refractivity contribution in [2.75, 3.05) is 0 Å². The van der Waals surface area contributed by atoms with Crippen LogP contribution in [-0.2, 0) is 9.47 Å². The zero-order chi connectivity index (χ0) is 22.2. The van der Waals surface area contributed by atoms with Crippen LogP contribution in [0.3, 0.4) is 0 Å². The molecule has 2 saturated carbocycles. The van der Waals surface area contributed by atoms with Gasteiger partial charge in [-0.1, -0.05) is 47.5 Å². The van der Waals surface area contributed by atoms with Crippen LogP contribution in [0.2, 0.25) is 0 Å². The summed E-state index contributed by atoms with van der Waals surface area (Å²) in [6, 6.07) is 15.6. The quantitative estimate of drug-likeness (QED) is 0.410. The molecule has 0 aliphatic heterocycles. The van der Waals surface area contributed by atoms with Gasteiger partial charge in [0.15, 0.2) is 0 Å². The Kier molecular flexibility index (Phi) is 5.91. The van der Waals surface area contributed by atoms with Gasteiger partial charge in [-0.25, -0.2) is 0 Å². The van der Waals surface area contributed by atoms with Gasteiger partial charge in [-0.05, 0) is 68.7 Å². The maximum Gasteiger partial charge on any atom is 0.358 e. The molecule has 0 amide bonds. The molecule has 2 aromatic carbocycles. The van der Waals surface area contributed by atoms with Gasteiger partial charge in [0.1, 0.15) is 23.7 Å². The van der Waals surface area contributed by atoms with Gasteiger partial charge in [-0.3, -0.25) is 0 Å². The minimum Gasteiger partial charge on any atom is -0.453 e. The Morgan fingerprint density at radius 1 is 0.656 bits per heavy atom. The Bertz CT molecular complexity index is 949. The smallest absolute Gasteiger partial charge is 0.358 e. The molecular weight excluding hydrogens is 440 g/mol. The third-order valence-corrected chi connectivity index (χ3v) is 7.20. The lowest BCUT2D eigenvalue weighted by Gasteiger charge is -2.26. The highest BCUT2D eigenvalue weighted by Crippen LogP contribution is 2.57. The van der Waals surface area contributed by atoms with Crippen molar-refractivity contribution in [1.82, 2.24) is 0 Å². The molecule has 0 N–H and O–H groups in total. The molecule has 4 atom stereocenters. The van der Waals surface area contributed by atoms with E-state index in [2.05, 4.69) is 12.2 Å². The molecule has 0 radical (unpaired) electrons. The maximum atomic E-state index is 6.17. The summed E-state index contributed by atoms with van der Waals surface area (Å²) in [6.07, 6.45) is 6.34. The highest BCUT2D eigenvalue weighted by Gasteiger charge is 2.58.